The van der Waals surface area contributed by atoms with Gasteiger partial charge in [0.15, 0.2) is 0 Å². The minimum Gasteiger partial charge on any atom is -0.372 e. The number of halogens is 4. The van der Waals surface area contributed by atoms with E-state index in [2.05, 4.69) is 5.32 Å². The fourth-order valence-corrected chi connectivity index (χ4v) is 3.26. The van der Waals surface area contributed by atoms with E-state index in [1.165, 1.54) is 6.07 Å². The van der Waals surface area contributed by atoms with Gasteiger partial charge in [0.25, 0.3) is 0 Å². The maximum absolute atomic E-state index is 13.3. The lowest BCUT2D eigenvalue weighted by Crippen LogP contribution is -2.29. The number of aryl methyl sites for hydroxylation is 1. The lowest BCUT2D eigenvalue weighted by molar-refractivity contribution is -0.139. The molecule has 2 aliphatic heterocycles. The van der Waals surface area contributed by atoms with Crippen LogP contribution in [0.15, 0.2) is 12.1 Å². The van der Waals surface area contributed by atoms with Gasteiger partial charge in [-0.2, -0.15) is 13.2 Å². The highest BCUT2D eigenvalue weighted by Crippen LogP contribution is 2.41. The predicted molar refractivity (Wildman–Crippen MR) is 76.9 cm³/mol. The van der Waals surface area contributed by atoms with E-state index in [0.29, 0.717) is 18.5 Å². The molecule has 21 heavy (non-hydrogen) atoms. The van der Waals surface area contributed by atoms with Crippen LogP contribution in [0.1, 0.15) is 41.5 Å². The van der Waals surface area contributed by atoms with Crippen LogP contribution in [-0.4, -0.2) is 19.2 Å². The van der Waals surface area contributed by atoms with Crippen LogP contribution in [0.5, 0.6) is 0 Å². The van der Waals surface area contributed by atoms with E-state index in [0.717, 1.165) is 24.1 Å². The van der Waals surface area contributed by atoms with Crippen molar-refractivity contribution in [1.29, 1.82) is 0 Å². The third-order valence-corrected chi connectivity index (χ3v) is 4.19. The van der Waals surface area contributed by atoms with E-state index < -0.39 is 11.7 Å². The van der Waals surface area contributed by atoms with Crippen molar-refractivity contribution in [2.75, 3.05) is 13.1 Å². The standard InChI is InChI=1S/C15H18F3NO.ClH/c1-2-3-9-4-10-11-6-19-7-14(11)20-8-12(10)13(5-9)15(16,17)18;/h4-5,11,14,19H,2-3,6-8H2,1H3;1H. The highest BCUT2D eigenvalue weighted by molar-refractivity contribution is 5.85. The molecule has 1 aromatic carbocycles. The Morgan fingerprint density at radius 2 is 2.05 bits per heavy atom. The highest BCUT2D eigenvalue weighted by Gasteiger charge is 2.41. The van der Waals surface area contributed by atoms with Crippen molar-refractivity contribution in [3.05, 3.63) is 34.4 Å². The Hall–Kier alpha value is -0.780. The Bertz CT molecular complexity index is 518. The molecule has 2 unspecified atom stereocenters. The summed E-state index contributed by atoms with van der Waals surface area (Å²) in [6.07, 6.45) is -2.77. The molecule has 0 spiro atoms. The van der Waals surface area contributed by atoms with Crippen molar-refractivity contribution in [1.82, 2.24) is 5.32 Å². The molecule has 0 aromatic heterocycles. The first-order chi connectivity index (χ1) is 9.50. The first kappa shape index (κ1) is 16.6. The van der Waals surface area contributed by atoms with E-state index in [1.807, 2.05) is 13.0 Å². The lowest BCUT2D eigenvalue weighted by atomic mass is 9.85. The number of nitrogens with one attached hydrogen (secondary N) is 1. The van der Waals surface area contributed by atoms with Gasteiger partial charge in [-0.3, -0.25) is 0 Å². The van der Waals surface area contributed by atoms with E-state index >= 15 is 0 Å². The first-order valence-corrected chi connectivity index (χ1v) is 7.06. The van der Waals surface area contributed by atoms with Gasteiger partial charge >= 0.3 is 6.18 Å². The Morgan fingerprint density at radius 1 is 1.29 bits per heavy atom. The van der Waals surface area contributed by atoms with Crippen molar-refractivity contribution in [2.24, 2.45) is 0 Å². The van der Waals surface area contributed by atoms with Crippen molar-refractivity contribution in [3.8, 4) is 0 Å². The Balaban J connectivity index is 0.00000161. The van der Waals surface area contributed by atoms with Gasteiger partial charge in [0.1, 0.15) is 0 Å². The molecule has 2 atom stereocenters. The molecular weight excluding hydrogens is 303 g/mol. The van der Waals surface area contributed by atoms with Gasteiger partial charge in [-0.25, -0.2) is 0 Å². The van der Waals surface area contributed by atoms with E-state index in [4.69, 9.17) is 4.74 Å². The quantitative estimate of drug-likeness (QED) is 0.897. The fourth-order valence-electron chi connectivity index (χ4n) is 3.26. The zero-order valence-corrected chi connectivity index (χ0v) is 12.6. The summed E-state index contributed by atoms with van der Waals surface area (Å²) in [6.45, 7) is 3.48. The zero-order chi connectivity index (χ0) is 14.3. The average molecular weight is 322 g/mol. The third kappa shape index (κ3) is 3.05. The molecule has 0 saturated carbocycles. The summed E-state index contributed by atoms with van der Waals surface area (Å²) in [5.74, 6) is 0.0525. The number of hydrogen-bond donors (Lipinski definition) is 1. The van der Waals surface area contributed by atoms with E-state index in [9.17, 15) is 13.2 Å². The first-order valence-electron chi connectivity index (χ1n) is 7.06. The van der Waals surface area contributed by atoms with Crippen LogP contribution in [0.25, 0.3) is 0 Å². The molecule has 3 rings (SSSR count). The molecule has 2 heterocycles. The molecule has 1 aromatic rings. The van der Waals surface area contributed by atoms with Gasteiger partial charge in [0.05, 0.1) is 18.3 Å². The van der Waals surface area contributed by atoms with Crippen LogP contribution < -0.4 is 5.32 Å². The second kappa shape index (κ2) is 6.15. The van der Waals surface area contributed by atoms with Gasteiger partial charge in [-0.05, 0) is 29.2 Å². The summed E-state index contributed by atoms with van der Waals surface area (Å²) in [5.41, 5.74) is 1.45. The minimum atomic E-state index is -4.31. The number of hydrogen-bond acceptors (Lipinski definition) is 2. The normalized spacial score (nSPS) is 24.2. The molecule has 118 valence electrons. The topological polar surface area (TPSA) is 21.3 Å². The predicted octanol–water partition coefficient (Wildman–Crippen LogP) is 3.67. The van der Waals surface area contributed by atoms with Crippen LogP contribution >= 0.6 is 12.4 Å². The van der Waals surface area contributed by atoms with Crippen LogP contribution in [0, 0.1) is 0 Å². The van der Waals surface area contributed by atoms with Gasteiger partial charge in [0.2, 0.25) is 0 Å². The number of rotatable bonds is 2. The lowest BCUT2D eigenvalue weighted by Gasteiger charge is -2.30. The molecule has 0 radical (unpaired) electrons. The fraction of sp³-hybridized carbons (Fsp3) is 0.600. The van der Waals surface area contributed by atoms with Crippen molar-refractivity contribution >= 4 is 12.4 Å². The van der Waals surface area contributed by atoms with Gasteiger partial charge in [-0.15, -0.1) is 12.4 Å². The van der Waals surface area contributed by atoms with Crippen molar-refractivity contribution in [3.63, 3.8) is 0 Å². The smallest absolute Gasteiger partial charge is 0.372 e. The molecule has 6 heteroatoms. The Morgan fingerprint density at radius 3 is 2.71 bits per heavy atom. The molecule has 1 N–H and O–H groups in total. The average Bonchev–Trinajstić information content (AvgIpc) is 2.85. The van der Waals surface area contributed by atoms with E-state index in [1.54, 1.807) is 0 Å². The summed E-state index contributed by atoms with van der Waals surface area (Å²) in [5, 5.41) is 3.21. The summed E-state index contributed by atoms with van der Waals surface area (Å²) in [7, 11) is 0. The van der Waals surface area contributed by atoms with Crippen molar-refractivity contribution in [2.45, 2.75) is 44.6 Å². The number of fused-ring (bicyclic) bond motifs is 3. The second-order valence-corrected chi connectivity index (χ2v) is 5.57. The molecule has 1 fully saturated rings. The summed E-state index contributed by atoms with van der Waals surface area (Å²) in [4.78, 5) is 0. The molecule has 0 bridgehead atoms. The maximum Gasteiger partial charge on any atom is 0.416 e. The van der Waals surface area contributed by atoms with Crippen LogP contribution in [0.2, 0.25) is 0 Å². The summed E-state index contributed by atoms with van der Waals surface area (Å²) >= 11 is 0. The monoisotopic (exact) mass is 321 g/mol. The van der Waals surface area contributed by atoms with Gasteiger partial charge in [0, 0.05) is 19.0 Å². The maximum atomic E-state index is 13.3. The minimum absolute atomic E-state index is 0. The molecule has 2 nitrogen and oxygen atoms in total. The molecule has 0 amide bonds. The number of ether oxygens (including phenoxy) is 1. The van der Waals surface area contributed by atoms with E-state index in [-0.39, 0.29) is 31.0 Å². The highest BCUT2D eigenvalue weighted by atomic mass is 35.5. The number of alkyl halides is 3. The summed E-state index contributed by atoms with van der Waals surface area (Å²) in [6, 6.07) is 3.26. The Labute approximate surface area is 128 Å². The zero-order valence-electron chi connectivity index (χ0n) is 11.8. The summed E-state index contributed by atoms with van der Waals surface area (Å²) < 4.78 is 45.4. The van der Waals surface area contributed by atoms with Crippen LogP contribution in [0.3, 0.4) is 0 Å². The molecule has 1 saturated heterocycles. The third-order valence-electron chi connectivity index (χ3n) is 4.19. The number of benzene rings is 1. The van der Waals surface area contributed by atoms with Crippen LogP contribution in [0.4, 0.5) is 13.2 Å². The van der Waals surface area contributed by atoms with Crippen molar-refractivity contribution < 1.29 is 17.9 Å². The Kier molecular flexibility index (Phi) is 4.85. The molecular formula is C15H19ClF3NO. The largest absolute Gasteiger partial charge is 0.416 e. The second-order valence-electron chi connectivity index (χ2n) is 5.57. The molecule has 2 aliphatic rings. The van der Waals surface area contributed by atoms with Crippen LogP contribution in [-0.2, 0) is 23.9 Å². The SMILES string of the molecule is CCCc1cc2c(c(C(F)(F)F)c1)COC1CNCC21.Cl. The van der Waals surface area contributed by atoms with Gasteiger partial charge < -0.3 is 10.1 Å². The van der Waals surface area contributed by atoms with Gasteiger partial charge in [-0.1, -0.05) is 19.4 Å². The molecule has 0 aliphatic carbocycles.